The Balaban J connectivity index is 1.65. The number of carbonyl (C=O) groups is 1. The molecule has 3 aromatic rings. The van der Waals surface area contributed by atoms with Gasteiger partial charge in [0.1, 0.15) is 5.82 Å². The Labute approximate surface area is 151 Å². The third-order valence-electron chi connectivity index (χ3n) is 4.89. The SMILES string of the molecule is CC(C)c1nc2ccccc2c(=O)n1NC(=O)[C@@H]1C[C@H]1c1ccccc1. The van der Waals surface area contributed by atoms with E-state index in [9.17, 15) is 9.59 Å². The fraction of sp³-hybridized carbons (Fsp3) is 0.286. The summed E-state index contributed by atoms with van der Waals surface area (Å²) in [4.78, 5) is 30.2. The van der Waals surface area contributed by atoms with Crippen molar-refractivity contribution < 1.29 is 4.79 Å². The van der Waals surface area contributed by atoms with Crippen LogP contribution in [0.1, 0.15) is 43.5 Å². The summed E-state index contributed by atoms with van der Waals surface area (Å²) in [5.41, 5.74) is 4.41. The van der Waals surface area contributed by atoms with Gasteiger partial charge in [-0.15, -0.1) is 0 Å². The number of hydrogen-bond donors (Lipinski definition) is 1. The molecule has 5 heteroatoms. The van der Waals surface area contributed by atoms with E-state index in [4.69, 9.17) is 0 Å². The number of benzene rings is 2. The van der Waals surface area contributed by atoms with Crippen LogP contribution in [0.15, 0.2) is 59.4 Å². The Hall–Kier alpha value is -2.95. The Morgan fingerprint density at radius 3 is 2.54 bits per heavy atom. The maximum absolute atomic E-state index is 12.9. The van der Waals surface area contributed by atoms with E-state index in [1.54, 1.807) is 12.1 Å². The Bertz CT molecular complexity index is 1020. The van der Waals surface area contributed by atoms with Crippen LogP contribution < -0.4 is 11.0 Å². The highest BCUT2D eigenvalue weighted by molar-refractivity contribution is 5.90. The fourth-order valence-corrected chi connectivity index (χ4v) is 3.39. The highest BCUT2D eigenvalue weighted by atomic mass is 16.2. The van der Waals surface area contributed by atoms with Crippen molar-refractivity contribution in [1.82, 2.24) is 9.66 Å². The van der Waals surface area contributed by atoms with E-state index in [2.05, 4.69) is 10.4 Å². The molecular formula is C21H21N3O2. The summed E-state index contributed by atoms with van der Waals surface area (Å²) >= 11 is 0. The summed E-state index contributed by atoms with van der Waals surface area (Å²) in [5, 5.41) is 0.507. The van der Waals surface area contributed by atoms with Gasteiger partial charge in [0.2, 0.25) is 5.91 Å². The molecule has 26 heavy (non-hydrogen) atoms. The first-order valence-electron chi connectivity index (χ1n) is 8.93. The average Bonchev–Trinajstić information content (AvgIpc) is 3.45. The molecule has 1 aromatic heterocycles. The molecule has 1 amide bonds. The zero-order valence-electron chi connectivity index (χ0n) is 14.8. The van der Waals surface area contributed by atoms with Gasteiger partial charge in [-0.1, -0.05) is 56.3 Å². The third-order valence-corrected chi connectivity index (χ3v) is 4.89. The zero-order chi connectivity index (χ0) is 18.3. The number of rotatable bonds is 4. The van der Waals surface area contributed by atoms with Gasteiger partial charge in [0.05, 0.1) is 10.9 Å². The van der Waals surface area contributed by atoms with E-state index < -0.39 is 0 Å². The maximum atomic E-state index is 12.9. The second kappa shape index (κ2) is 6.41. The van der Waals surface area contributed by atoms with Gasteiger partial charge in [0, 0.05) is 11.8 Å². The van der Waals surface area contributed by atoms with Crippen molar-refractivity contribution in [3.8, 4) is 0 Å². The van der Waals surface area contributed by atoms with Gasteiger partial charge in [-0.3, -0.25) is 15.0 Å². The summed E-state index contributed by atoms with van der Waals surface area (Å²) in [6, 6.07) is 17.2. The standard InChI is InChI=1S/C21H21N3O2/c1-13(2)19-22-18-11-7-6-10-15(18)21(26)24(19)23-20(25)17-12-16(17)14-8-4-3-5-9-14/h3-11,13,16-17H,12H2,1-2H3,(H,23,25)/t16-,17+/m0/s1. The van der Waals surface area contributed by atoms with Crippen molar-refractivity contribution in [2.24, 2.45) is 5.92 Å². The second-order valence-electron chi connectivity index (χ2n) is 7.12. The predicted molar refractivity (Wildman–Crippen MR) is 102 cm³/mol. The Morgan fingerprint density at radius 2 is 1.81 bits per heavy atom. The quantitative estimate of drug-likeness (QED) is 0.787. The van der Waals surface area contributed by atoms with Crippen LogP contribution in [0.25, 0.3) is 10.9 Å². The molecule has 1 fully saturated rings. The summed E-state index contributed by atoms with van der Waals surface area (Å²) in [7, 11) is 0. The molecule has 1 N–H and O–H groups in total. The van der Waals surface area contributed by atoms with E-state index in [-0.39, 0.29) is 29.2 Å². The monoisotopic (exact) mass is 347 g/mol. The van der Waals surface area contributed by atoms with E-state index >= 15 is 0 Å². The number of fused-ring (bicyclic) bond motifs is 1. The Morgan fingerprint density at radius 1 is 1.12 bits per heavy atom. The van der Waals surface area contributed by atoms with E-state index in [1.165, 1.54) is 10.2 Å². The van der Waals surface area contributed by atoms with Crippen LogP contribution in [0.3, 0.4) is 0 Å². The smallest absolute Gasteiger partial charge is 0.273 e. The number of amides is 1. The van der Waals surface area contributed by atoms with Crippen LogP contribution in [0, 0.1) is 5.92 Å². The van der Waals surface area contributed by atoms with Crippen molar-refractivity contribution in [2.45, 2.75) is 32.1 Å². The molecule has 0 bridgehead atoms. The molecule has 0 aliphatic heterocycles. The molecular weight excluding hydrogens is 326 g/mol. The van der Waals surface area contributed by atoms with Gasteiger partial charge in [-0.05, 0) is 30.0 Å². The first kappa shape index (κ1) is 16.5. The number of para-hydroxylation sites is 1. The van der Waals surface area contributed by atoms with Crippen LogP contribution in [0.4, 0.5) is 0 Å². The van der Waals surface area contributed by atoms with Crippen LogP contribution in [-0.2, 0) is 4.79 Å². The van der Waals surface area contributed by atoms with Crippen LogP contribution in [-0.4, -0.2) is 15.6 Å². The molecule has 0 radical (unpaired) electrons. The number of nitrogens with one attached hydrogen (secondary N) is 1. The molecule has 5 nitrogen and oxygen atoms in total. The van der Waals surface area contributed by atoms with Gasteiger partial charge < -0.3 is 0 Å². The number of nitrogens with zero attached hydrogens (tertiary/aromatic N) is 2. The van der Waals surface area contributed by atoms with E-state index in [1.807, 2.05) is 56.3 Å². The summed E-state index contributed by atoms with van der Waals surface area (Å²) in [6.45, 7) is 3.92. The van der Waals surface area contributed by atoms with E-state index in [0.717, 1.165) is 6.42 Å². The van der Waals surface area contributed by atoms with Crippen LogP contribution in [0.2, 0.25) is 0 Å². The lowest BCUT2D eigenvalue weighted by molar-refractivity contribution is -0.118. The highest BCUT2D eigenvalue weighted by Crippen LogP contribution is 2.47. The van der Waals surface area contributed by atoms with Crippen LogP contribution >= 0.6 is 0 Å². The molecule has 2 atom stereocenters. The minimum absolute atomic E-state index is 0.0109. The predicted octanol–water partition coefficient (Wildman–Crippen LogP) is 3.39. The number of hydrogen-bond acceptors (Lipinski definition) is 3. The highest BCUT2D eigenvalue weighted by Gasteiger charge is 2.44. The van der Waals surface area contributed by atoms with Gasteiger partial charge in [-0.2, -0.15) is 0 Å². The zero-order valence-corrected chi connectivity index (χ0v) is 14.8. The van der Waals surface area contributed by atoms with Gasteiger partial charge >= 0.3 is 0 Å². The molecule has 4 rings (SSSR count). The third kappa shape index (κ3) is 2.90. The van der Waals surface area contributed by atoms with Gasteiger partial charge in [-0.25, -0.2) is 9.66 Å². The molecule has 1 aliphatic rings. The normalized spacial score (nSPS) is 18.9. The molecule has 1 heterocycles. The topological polar surface area (TPSA) is 64.0 Å². The molecule has 2 aromatic carbocycles. The Kier molecular flexibility index (Phi) is 4.07. The fourth-order valence-electron chi connectivity index (χ4n) is 3.39. The average molecular weight is 347 g/mol. The summed E-state index contributed by atoms with van der Waals surface area (Å²) in [6.07, 6.45) is 0.808. The lowest BCUT2D eigenvalue weighted by Crippen LogP contribution is -2.37. The van der Waals surface area contributed by atoms with Crippen molar-refractivity contribution in [3.63, 3.8) is 0 Å². The van der Waals surface area contributed by atoms with Crippen molar-refractivity contribution in [3.05, 3.63) is 76.3 Å². The number of aromatic nitrogens is 2. The summed E-state index contributed by atoms with van der Waals surface area (Å²) < 4.78 is 1.33. The molecule has 0 spiro atoms. The minimum Gasteiger partial charge on any atom is -0.273 e. The summed E-state index contributed by atoms with van der Waals surface area (Å²) in [5.74, 6) is 0.578. The van der Waals surface area contributed by atoms with Crippen molar-refractivity contribution in [2.75, 3.05) is 5.43 Å². The largest absolute Gasteiger partial charge is 0.280 e. The van der Waals surface area contributed by atoms with E-state index in [0.29, 0.717) is 16.7 Å². The minimum atomic E-state index is -0.232. The maximum Gasteiger partial charge on any atom is 0.280 e. The van der Waals surface area contributed by atoms with Crippen LogP contribution in [0.5, 0.6) is 0 Å². The first-order valence-corrected chi connectivity index (χ1v) is 8.93. The molecule has 0 unspecified atom stereocenters. The molecule has 0 saturated heterocycles. The number of carbonyl (C=O) groups excluding carboxylic acids is 1. The van der Waals surface area contributed by atoms with Gasteiger partial charge in [0.15, 0.2) is 0 Å². The van der Waals surface area contributed by atoms with Crippen molar-refractivity contribution >= 4 is 16.8 Å². The van der Waals surface area contributed by atoms with Gasteiger partial charge in [0.25, 0.3) is 5.56 Å². The molecule has 132 valence electrons. The lowest BCUT2D eigenvalue weighted by Gasteiger charge is -2.16. The lowest BCUT2D eigenvalue weighted by atomic mass is 10.1. The second-order valence-corrected chi connectivity index (χ2v) is 7.12. The molecule has 1 aliphatic carbocycles. The van der Waals surface area contributed by atoms with Crippen molar-refractivity contribution in [1.29, 1.82) is 0 Å². The first-order chi connectivity index (χ1) is 12.6. The molecule has 1 saturated carbocycles.